The Morgan fingerprint density at radius 2 is 2.05 bits per heavy atom. The average molecular weight is 356 g/mol. The summed E-state index contributed by atoms with van der Waals surface area (Å²) in [6, 6.07) is 6.05. The van der Waals surface area contributed by atoms with Crippen molar-refractivity contribution in [3.05, 3.63) is 28.2 Å². The molecule has 0 radical (unpaired) electrons. The van der Waals surface area contributed by atoms with Gasteiger partial charge in [-0.05, 0) is 61.1 Å². The van der Waals surface area contributed by atoms with Crippen molar-refractivity contribution in [1.82, 2.24) is 4.90 Å². The van der Waals surface area contributed by atoms with Crippen LogP contribution in [0, 0.1) is 0 Å². The number of halogens is 1. The highest BCUT2D eigenvalue weighted by atomic mass is 79.9. The molecule has 0 aliphatic heterocycles. The third kappa shape index (κ3) is 3.32. The van der Waals surface area contributed by atoms with Crippen LogP contribution >= 0.6 is 28.1 Å². The summed E-state index contributed by atoms with van der Waals surface area (Å²) in [5.74, 6) is 0. The molecule has 2 rings (SSSR count). The van der Waals surface area contributed by atoms with Crippen LogP contribution in [0.5, 0.6) is 0 Å². The Kier molecular flexibility index (Phi) is 5.04. The zero-order chi connectivity index (χ0) is 14.8. The normalized spacial score (nSPS) is 17.4. The highest BCUT2D eigenvalue weighted by Crippen LogP contribution is 2.34. The molecule has 1 fully saturated rings. The summed E-state index contributed by atoms with van der Waals surface area (Å²) < 4.78 is 0.945. The predicted molar refractivity (Wildman–Crippen MR) is 93.4 cm³/mol. The van der Waals surface area contributed by atoms with Gasteiger partial charge in [0.25, 0.3) is 0 Å². The number of hydrogen-bond acceptors (Lipinski definition) is 3. The van der Waals surface area contributed by atoms with Crippen LogP contribution in [0.1, 0.15) is 31.2 Å². The van der Waals surface area contributed by atoms with E-state index < -0.39 is 0 Å². The van der Waals surface area contributed by atoms with Gasteiger partial charge in [0.05, 0.1) is 0 Å². The molecule has 3 nitrogen and oxygen atoms in total. The van der Waals surface area contributed by atoms with E-state index in [-0.39, 0.29) is 5.54 Å². The number of thiocarbonyl (C=S) groups is 1. The Balaban J connectivity index is 2.07. The molecule has 0 spiro atoms. The highest BCUT2D eigenvalue weighted by molar-refractivity contribution is 9.10. The summed E-state index contributed by atoms with van der Waals surface area (Å²) in [6.07, 6.45) is 5.17. The lowest BCUT2D eigenvalue weighted by Gasteiger charge is -2.36. The zero-order valence-corrected chi connectivity index (χ0v) is 14.5. The van der Waals surface area contributed by atoms with Gasteiger partial charge in [-0.3, -0.25) is 0 Å². The molecule has 0 bridgehead atoms. The molecule has 0 unspecified atom stereocenters. The number of benzene rings is 1. The summed E-state index contributed by atoms with van der Waals surface area (Å²) in [5, 5.41) is 3.56. The van der Waals surface area contributed by atoms with Gasteiger partial charge in [0.1, 0.15) is 4.99 Å². The fourth-order valence-electron chi connectivity index (χ4n) is 2.91. The minimum atomic E-state index is 0.286. The minimum Gasteiger partial charge on any atom is -0.389 e. The fraction of sp³-hybridized carbons (Fsp3) is 0.533. The number of nitrogens with two attached hydrogens (primary N) is 1. The summed E-state index contributed by atoms with van der Waals surface area (Å²) in [5.41, 5.74) is 7.94. The van der Waals surface area contributed by atoms with E-state index >= 15 is 0 Å². The van der Waals surface area contributed by atoms with E-state index in [0.29, 0.717) is 4.99 Å². The van der Waals surface area contributed by atoms with E-state index in [4.69, 9.17) is 18.0 Å². The molecular weight excluding hydrogens is 334 g/mol. The molecule has 0 heterocycles. The molecule has 1 aliphatic carbocycles. The number of likely N-dealkylation sites (N-methyl/N-ethyl adjacent to an activating group) is 1. The van der Waals surface area contributed by atoms with Crippen molar-refractivity contribution >= 4 is 38.8 Å². The van der Waals surface area contributed by atoms with E-state index in [1.165, 1.54) is 25.7 Å². The smallest absolute Gasteiger partial charge is 0.105 e. The number of nitrogens with zero attached hydrogens (tertiary/aromatic N) is 1. The lowest BCUT2D eigenvalue weighted by atomic mass is 9.96. The van der Waals surface area contributed by atoms with Crippen LogP contribution in [0.3, 0.4) is 0 Å². The van der Waals surface area contributed by atoms with Crippen molar-refractivity contribution in [3.63, 3.8) is 0 Å². The van der Waals surface area contributed by atoms with Gasteiger partial charge in [0, 0.05) is 27.8 Å². The van der Waals surface area contributed by atoms with Crippen LogP contribution in [0.25, 0.3) is 0 Å². The summed E-state index contributed by atoms with van der Waals surface area (Å²) in [7, 11) is 4.36. The highest BCUT2D eigenvalue weighted by Gasteiger charge is 2.35. The van der Waals surface area contributed by atoms with Gasteiger partial charge in [0.2, 0.25) is 0 Å². The zero-order valence-electron chi connectivity index (χ0n) is 12.1. The maximum Gasteiger partial charge on any atom is 0.105 e. The molecule has 3 N–H and O–H groups in total. The molecule has 0 atom stereocenters. The van der Waals surface area contributed by atoms with Crippen LogP contribution in [0.15, 0.2) is 22.7 Å². The van der Waals surface area contributed by atoms with Crippen LogP contribution in [0.2, 0.25) is 0 Å². The third-order valence-corrected chi connectivity index (χ3v) is 5.22. The molecule has 0 saturated heterocycles. The molecule has 0 aromatic heterocycles. The van der Waals surface area contributed by atoms with Gasteiger partial charge in [0.15, 0.2) is 0 Å². The van der Waals surface area contributed by atoms with Gasteiger partial charge in [-0.25, -0.2) is 0 Å². The van der Waals surface area contributed by atoms with Crippen molar-refractivity contribution in [2.75, 3.05) is 26.0 Å². The van der Waals surface area contributed by atoms with E-state index in [2.05, 4.69) is 40.2 Å². The lowest BCUT2D eigenvalue weighted by molar-refractivity contribution is 0.172. The van der Waals surface area contributed by atoms with Gasteiger partial charge in [-0.15, -0.1) is 0 Å². The predicted octanol–water partition coefficient (Wildman–Crippen LogP) is 3.37. The second-order valence-electron chi connectivity index (χ2n) is 5.74. The lowest BCUT2D eigenvalue weighted by Crippen LogP contribution is -2.47. The largest absolute Gasteiger partial charge is 0.389 e. The van der Waals surface area contributed by atoms with Crippen LogP contribution in [0.4, 0.5) is 5.69 Å². The number of rotatable bonds is 5. The number of nitrogens with one attached hydrogen (secondary N) is 1. The standard InChI is InChI=1S/C15H22BrN3S/c1-19(2)15(7-3-4-8-15)10-18-11-5-6-12(14(17)20)13(16)9-11/h5-6,9,18H,3-4,7-8,10H2,1-2H3,(H2,17,20). The van der Waals surface area contributed by atoms with E-state index in [1.54, 1.807) is 0 Å². The van der Waals surface area contributed by atoms with Gasteiger partial charge in [-0.2, -0.15) is 0 Å². The van der Waals surface area contributed by atoms with Crippen LogP contribution in [-0.4, -0.2) is 36.1 Å². The first-order valence-electron chi connectivity index (χ1n) is 6.95. The van der Waals surface area contributed by atoms with E-state index in [1.807, 2.05) is 18.2 Å². The summed E-state index contributed by atoms with van der Waals surface area (Å²) in [4.78, 5) is 2.79. The quantitative estimate of drug-likeness (QED) is 0.794. The maximum absolute atomic E-state index is 5.67. The Hall–Kier alpha value is -0.650. The first-order valence-corrected chi connectivity index (χ1v) is 8.15. The van der Waals surface area contributed by atoms with E-state index in [0.717, 1.165) is 22.3 Å². The Morgan fingerprint density at radius 3 is 2.55 bits per heavy atom. The van der Waals surface area contributed by atoms with Gasteiger partial charge < -0.3 is 16.0 Å². The fourth-order valence-corrected chi connectivity index (χ4v) is 3.81. The molecule has 5 heteroatoms. The molecule has 1 aliphatic rings. The SMILES string of the molecule is CN(C)C1(CNc2ccc(C(N)=S)c(Br)c2)CCCC1. The molecular formula is C15H22BrN3S. The Morgan fingerprint density at radius 1 is 1.40 bits per heavy atom. The maximum atomic E-state index is 5.67. The Labute approximate surface area is 135 Å². The molecule has 0 amide bonds. The average Bonchev–Trinajstić information content (AvgIpc) is 2.86. The first-order chi connectivity index (χ1) is 9.44. The van der Waals surface area contributed by atoms with Crippen molar-refractivity contribution in [1.29, 1.82) is 0 Å². The van der Waals surface area contributed by atoms with Crippen molar-refractivity contribution in [3.8, 4) is 0 Å². The van der Waals surface area contributed by atoms with Crippen molar-refractivity contribution < 1.29 is 0 Å². The summed E-state index contributed by atoms with van der Waals surface area (Å²) in [6.45, 7) is 0.971. The third-order valence-electron chi connectivity index (χ3n) is 4.34. The van der Waals surface area contributed by atoms with Gasteiger partial charge >= 0.3 is 0 Å². The second kappa shape index (κ2) is 6.41. The monoisotopic (exact) mass is 355 g/mol. The molecule has 20 heavy (non-hydrogen) atoms. The summed E-state index contributed by atoms with van der Waals surface area (Å²) >= 11 is 8.54. The first kappa shape index (κ1) is 15.7. The van der Waals surface area contributed by atoms with Crippen LogP contribution in [-0.2, 0) is 0 Å². The van der Waals surface area contributed by atoms with Crippen LogP contribution < -0.4 is 11.1 Å². The molecule has 1 saturated carbocycles. The minimum absolute atomic E-state index is 0.286. The molecule has 1 aromatic rings. The number of hydrogen-bond donors (Lipinski definition) is 2. The Bertz CT molecular complexity index is 496. The number of anilines is 1. The second-order valence-corrected chi connectivity index (χ2v) is 7.03. The molecule has 110 valence electrons. The van der Waals surface area contributed by atoms with E-state index in [9.17, 15) is 0 Å². The van der Waals surface area contributed by atoms with Gasteiger partial charge in [-0.1, -0.05) is 25.1 Å². The topological polar surface area (TPSA) is 41.3 Å². The molecule has 1 aromatic carbocycles. The van der Waals surface area contributed by atoms with Crippen molar-refractivity contribution in [2.24, 2.45) is 5.73 Å². The van der Waals surface area contributed by atoms with Crippen molar-refractivity contribution in [2.45, 2.75) is 31.2 Å².